The van der Waals surface area contributed by atoms with Crippen molar-refractivity contribution in [2.75, 3.05) is 23.4 Å². The molecule has 0 aliphatic carbocycles. The minimum absolute atomic E-state index is 0.272. The first-order valence-corrected chi connectivity index (χ1v) is 5.39. The van der Waals surface area contributed by atoms with E-state index in [-0.39, 0.29) is 5.91 Å². The summed E-state index contributed by atoms with van der Waals surface area (Å²) in [6.45, 7) is 3.20. The molecule has 1 saturated heterocycles. The van der Waals surface area contributed by atoms with Crippen molar-refractivity contribution in [2.24, 2.45) is 17.0 Å². The number of primary amides is 1. The predicted octanol–water partition coefficient (Wildman–Crippen LogP) is -0.536. The van der Waals surface area contributed by atoms with Crippen LogP contribution in [0.3, 0.4) is 0 Å². The van der Waals surface area contributed by atoms with Crippen LogP contribution in [0.15, 0.2) is 12.4 Å². The Kier molecular flexibility index (Phi) is 2.84. The smallest absolute Gasteiger partial charge is 0.225 e. The first-order chi connectivity index (χ1) is 8.05. The summed E-state index contributed by atoms with van der Waals surface area (Å²) in [6, 6.07) is 1.74. The average molecular weight is 236 g/mol. The number of amides is 1. The van der Waals surface area contributed by atoms with Crippen molar-refractivity contribution < 1.29 is 4.79 Å². The maximum Gasteiger partial charge on any atom is 0.225 e. The zero-order chi connectivity index (χ0) is 12.5. The standard InChI is InChI=1S/C10H16N6O/c1-10(9(11)17)2-3-16(5-10)8-4-7(15-12)13-6-14-8/h4,6H,2-3,5,12H2,1H3,(H2,11,17)(H,13,14,15). The fraction of sp³-hybridized carbons (Fsp3) is 0.500. The summed E-state index contributed by atoms with van der Waals surface area (Å²) in [4.78, 5) is 21.5. The maximum absolute atomic E-state index is 11.4. The van der Waals surface area contributed by atoms with E-state index in [9.17, 15) is 4.79 Å². The second-order valence-corrected chi connectivity index (χ2v) is 4.50. The van der Waals surface area contributed by atoms with Crippen LogP contribution in [-0.4, -0.2) is 29.0 Å². The molecule has 1 atom stereocenters. The third-order valence-electron chi connectivity index (χ3n) is 3.19. The van der Waals surface area contributed by atoms with Gasteiger partial charge in [0, 0.05) is 19.2 Å². The number of nitrogens with two attached hydrogens (primary N) is 2. The highest BCUT2D eigenvalue weighted by atomic mass is 16.1. The van der Waals surface area contributed by atoms with E-state index in [1.54, 1.807) is 6.07 Å². The molecule has 0 radical (unpaired) electrons. The molecular formula is C10H16N6O. The number of anilines is 2. The number of nitrogen functional groups attached to an aromatic ring is 1. The van der Waals surface area contributed by atoms with Crippen molar-refractivity contribution in [3.05, 3.63) is 12.4 Å². The third kappa shape index (κ3) is 2.14. The van der Waals surface area contributed by atoms with Gasteiger partial charge in [0.05, 0.1) is 5.41 Å². The average Bonchev–Trinajstić information content (AvgIpc) is 2.74. The third-order valence-corrected chi connectivity index (χ3v) is 3.19. The number of carbonyl (C=O) groups is 1. The van der Waals surface area contributed by atoms with Crippen molar-refractivity contribution in [2.45, 2.75) is 13.3 Å². The van der Waals surface area contributed by atoms with E-state index in [1.165, 1.54) is 6.33 Å². The van der Waals surface area contributed by atoms with Crippen molar-refractivity contribution in [1.29, 1.82) is 0 Å². The highest BCUT2D eigenvalue weighted by Crippen LogP contribution is 2.32. The summed E-state index contributed by atoms with van der Waals surface area (Å²) in [7, 11) is 0. The maximum atomic E-state index is 11.4. The summed E-state index contributed by atoms with van der Waals surface area (Å²) in [5, 5.41) is 0. The van der Waals surface area contributed by atoms with Gasteiger partial charge in [0.2, 0.25) is 5.91 Å². The molecule has 0 saturated carbocycles. The van der Waals surface area contributed by atoms with E-state index in [1.807, 2.05) is 11.8 Å². The van der Waals surface area contributed by atoms with E-state index in [0.29, 0.717) is 12.4 Å². The summed E-state index contributed by atoms with van der Waals surface area (Å²) >= 11 is 0. The minimum atomic E-state index is -0.485. The lowest BCUT2D eigenvalue weighted by molar-refractivity contribution is -0.125. The Morgan fingerprint density at radius 3 is 2.94 bits per heavy atom. The van der Waals surface area contributed by atoms with Crippen LogP contribution in [0.2, 0.25) is 0 Å². The van der Waals surface area contributed by atoms with E-state index >= 15 is 0 Å². The lowest BCUT2D eigenvalue weighted by Crippen LogP contribution is -2.37. The predicted molar refractivity (Wildman–Crippen MR) is 64.0 cm³/mol. The summed E-state index contributed by atoms with van der Waals surface area (Å²) in [5.41, 5.74) is 7.38. The Morgan fingerprint density at radius 2 is 2.35 bits per heavy atom. The molecular weight excluding hydrogens is 220 g/mol. The molecule has 1 unspecified atom stereocenters. The molecule has 1 aliphatic rings. The molecule has 1 aromatic rings. The molecule has 1 amide bonds. The summed E-state index contributed by atoms with van der Waals surface area (Å²) < 4.78 is 0. The van der Waals surface area contributed by atoms with Gasteiger partial charge in [-0.25, -0.2) is 15.8 Å². The van der Waals surface area contributed by atoms with Crippen molar-refractivity contribution in [3.8, 4) is 0 Å². The molecule has 0 bridgehead atoms. The molecule has 0 aromatic carbocycles. The SMILES string of the molecule is CC1(C(N)=O)CCN(c2cc(NN)ncn2)C1. The lowest BCUT2D eigenvalue weighted by Gasteiger charge is -2.21. The van der Waals surface area contributed by atoms with Gasteiger partial charge in [0.1, 0.15) is 18.0 Å². The Hall–Kier alpha value is -1.89. The van der Waals surface area contributed by atoms with Gasteiger partial charge < -0.3 is 16.1 Å². The van der Waals surface area contributed by atoms with Gasteiger partial charge in [-0.3, -0.25) is 4.79 Å². The fourth-order valence-electron chi connectivity index (χ4n) is 1.96. The Bertz CT molecular complexity index is 437. The second-order valence-electron chi connectivity index (χ2n) is 4.50. The zero-order valence-corrected chi connectivity index (χ0v) is 9.68. The number of hydrogen-bond donors (Lipinski definition) is 3. The number of aromatic nitrogens is 2. The molecule has 7 nitrogen and oxygen atoms in total. The first-order valence-electron chi connectivity index (χ1n) is 5.39. The van der Waals surface area contributed by atoms with E-state index < -0.39 is 5.41 Å². The highest BCUT2D eigenvalue weighted by Gasteiger charge is 2.39. The van der Waals surface area contributed by atoms with Crippen LogP contribution in [-0.2, 0) is 4.79 Å². The second kappa shape index (κ2) is 4.17. The van der Waals surface area contributed by atoms with Gasteiger partial charge in [-0.2, -0.15) is 0 Å². The summed E-state index contributed by atoms with van der Waals surface area (Å²) in [6.07, 6.45) is 2.17. The van der Waals surface area contributed by atoms with Crippen LogP contribution >= 0.6 is 0 Å². The number of hydrazine groups is 1. The van der Waals surface area contributed by atoms with E-state index in [2.05, 4.69) is 15.4 Å². The Morgan fingerprint density at radius 1 is 1.59 bits per heavy atom. The van der Waals surface area contributed by atoms with Gasteiger partial charge >= 0.3 is 0 Å². The first kappa shape index (κ1) is 11.6. The van der Waals surface area contributed by atoms with E-state index in [4.69, 9.17) is 11.6 Å². The van der Waals surface area contributed by atoms with Crippen molar-refractivity contribution in [1.82, 2.24) is 9.97 Å². The largest absolute Gasteiger partial charge is 0.369 e. The van der Waals surface area contributed by atoms with Gasteiger partial charge in [0.25, 0.3) is 0 Å². The molecule has 92 valence electrons. The van der Waals surface area contributed by atoms with Crippen LogP contribution < -0.4 is 21.9 Å². The molecule has 2 heterocycles. The Labute approximate surface area is 99.2 Å². The molecule has 1 fully saturated rings. The lowest BCUT2D eigenvalue weighted by atomic mass is 9.89. The number of nitrogens with one attached hydrogen (secondary N) is 1. The van der Waals surface area contributed by atoms with Crippen LogP contribution in [0.5, 0.6) is 0 Å². The monoisotopic (exact) mass is 236 g/mol. The highest BCUT2D eigenvalue weighted by molar-refractivity contribution is 5.82. The molecule has 1 aromatic heterocycles. The quantitative estimate of drug-likeness (QED) is 0.480. The summed E-state index contributed by atoms with van der Waals surface area (Å²) in [5.74, 6) is 6.31. The van der Waals surface area contributed by atoms with Crippen LogP contribution in [0.1, 0.15) is 13.3 Å². The zero-order valence-electron chi connectivity index (χ0n) is 9.68. The molecule has 7 heteroatoms. The molecule has 5 N–H and O–H groups in total. The van der Waals surface area contributed by atoms with Gasteiger partial charge in [-0.1, -0.05) is 0 Å². The number of nitrogens with zero attached hydrogens (tertiary/aromatic N) is 3. The van der Waals surface area contributed by atoms with Crippen LogP contribution in [0.4, 0.5) is 11.6 Å². The number of carbonyl (C=O) groups excluding carboxylic acids is 1. The van der Waals surface area contributed by atoms with Crippen LogP contribution in [0, 0.1) is 5.41 Å². The van der Waals surface area contributed by atoms with Crippen molar-refractivity contribution in [3.63, 3.8) is 0 Å². The number of hydrogen-bond acceptors (Lipinski definition) is 6. The topological polar surface area (TPSA) is 110 Å². The van der Waals surface area contributed by atoms with Crippen LogP contribution in [0.25, 0.3) is 0 Å². The van der Waals surface area contributed by atoms with Gasteiger partial charge in [-0.15, -0.1) is 0 Å². The number of rotatable bonds is 3. The molecule has 2 rings (SSSR count). The van der Waals surface area contributed by atoms with Gasteiger partial charge in [-0.05, 0) is 13.3 Å². The molecule has 17 heavy (non-hydrogen) atoms. The normalized spacial score (nSPS) is 23.8. The van der Waals surface area contributed by atoms with Gasteiger partial charge in [0.15, 0.2) is 0 Å². The minimum Gasteiger partial charge on any atom is -0.369 e. The molecule has 0 spiro atoms. The van der Waals surface area contributed by atoms with Crippen molar-refractivity contribution >= 4 is 17.5 Å². The molecule has 1 aliphatic heterocycles. The Balaban J connectivity index is 2.17. The van der Waals surface area contributed by atoms with E-state index in [0.717, 1.165) is 18.8 Å². The fourth-order valence-corrected chi connectivity index (χ4v) is 1.96.